The molecule has 6 heteroatoms. The van der Waals surface area contributed by atoms with Crippen LogP contribution in [-0.4, -0.2) is 23.5 Å². The van der Waals surface area contributed by atoms with Crippen LogP contribution >= 0.6 is 0 Å². The SMILES string of the molecule is CO[B]NS(=O)[O-]. The van der Waals surface area contributed by atoms with E-state index in [1.165, 1.54) is 7.11 Å². The largest absolute Gasteiger partial charge is 0.760 e. The summed E-state index contributed by atoms with van der Waals surface area (Å²) in [6, 6.07) is 0. The molecule has 0 aliphatic rings. The summed E-state index contributed by atoms with van der Waals surface area (Å²) in [5.41, 5.74) is 0. The number of rotatable bonds is 3. The van der Waals surface area contributed by atoms with E-state index in [2.05, 4.69) is 4.65 Å². The zero-order valence-electron chi connectivity index (χ0n) is 3.71. The fraction of sp³-hybridized carbons (Fsp3) is 1.00. The van der Waals surface area contributed by atoms with Crippen molar-refractivity contribution in [2.75, 3.05) is 7.11 Å². The Morgan fingerprint density at radius 2 is 2.57 bits per heavy atom. The summed E-state index contributed by atoms with van der Waals surface area (Å²) >= 11 is -2.25. The highest BCUT2D eigenvalue weighted by Gasteiger charge is 1.82. The molecule has 1 radical (unpaired) electrons. The van der Waals surface area contributed by atoms with Crippen molar-refractivity contribution < 1.29 is 13.4 Å². The number of hydrogen-bond donors (Lipinski definition) is 1. The van der Waals surface area contributed by atoms with Crippen LogP contribution in [0.25, 0.3) is 0 Å². The third-order valence-electron chi connectivity index (χ3n) is 0.262. The predicted octanol–water partition coefficient (Wildman–Crippen LogP) is -1.45. The van der Waals surface area contributed by atoms with Crippen LogP contribution in [0.15, 0.2) is 0 Å². The fourth-order valence-corrected chi connectivity index (χ4v) is 0.262. The summed E-state index contributed by atoms with van der Waals surface area (Å²) in [7, 11) is 2.31. The van der Waals surface area contributed by atoms with Gasteiger partial charge in [0.15, 0.2) is 0 Å². The van der Waals surface area contributed by atoms with Gasteiger partial charge in [-0.3, -0.25) is 8.84 Å². The molecule has 0 aromatic heterocycles. The Hall–Kier alpha value is 0.0949. The molecule has 7 heavy (non-hydrogen) atoms. The van der Waals surface area contributed by atoms with Crippen LogP contribution in [-0.2, 0) is 15.9 Å². The van der Waals surface area contributed by atoms with Gasteiger partial charge in [0.1, 0.15) is 0 Å². The molecule has 0 amide bonds. The maximum atomic E-state index is 9.54. The van der Waals surface area contributed by atoms with E-state index in [0.717, 1.165) is 7.62 Å². The van der Waals surface area contributed by atoms with Crippen LogP contribution in [0, 0.1) is 0 Å². The first-order chi connectivity index (χ1) is 3.27. The first-order valence-electron chi connectivity index (χ1n) is 1.47. The Bertz CT molecular complexity index is 68.0. The Morgan fingerprint density at radius 3 is 2.71 bits per heavy atom. The minimum Gasteiger partial charge on any atom is -0.760 e. The quantitative estimate of drug-likeness (QED) is 0.367. The number of nitrogens with one attached hydrogen (secondary N) is 1. The molecule has 0 fully saturated rings. The lowest BCUT2D eigenvalue weighted by Crippen LogP contribution is -2.22. The zero-order chi connectivity index (χ0) is 5.70. The van der Waals surface area contributed by atoms with Gasteiger partial charge in [-0.05, 0) is 0 Å². The fourth-order valence-electron chi connectivity index (χ4n) is 0.0874. The van der Waals surface area contributed by atoms with Crippen LogP contribution < -0.4 is 4.63 Å². The van der Waals surface area contributed by atoms with E-state index >= 15 is 0 Å². The highest BCUT2D eigenvalue weighted by atomic mass is 32.2. The van der Waals surface area contributed by atoms with E-state index in [-0.39, 0.29) is 0 Å². The lowest BCUT2D eigenvalue weighted by molar-refractivity contribution is 0.436. The van der Waals surface area contributed by atoms with Gasteiger partial charge < -0.3 is 9.21 Å². The Kier molecular flexibility index (Phi) is 4.32. The van der Waals surface area contributed by atoms with Crippen molar-refractivity contribution in [3.8, 4) is 0 Å². The minimum absolute atomic E-state index is 0.961. The van der Waals surface area contributed by atoms with Crippen molar-refractivity contribution in [2.45, 2.75) is 0 Å². The highest BCUT2D eigenvalue weighted by molar-refractivity contribution is 7.78. The average molecular weight is 121 g/mol. The van der Waals surface area contributed by atoms with Crippen molar-refractivity contribution >= 4 is 18.9 Å². The van der Waals surface area contributed by atoms with Crippen LogP contribution in [0.1, 0.15) is 0 Å². The third kappa shape index (κ3) is 6.09. The molecule has 1 N–H and O–H groups in total. The molecule has 0 aromatic carbocycles. The van der Waals surface area contributed by atoms with Crippen molar-refractivity contribution in [1.82, 2.24) is 4.63 Å². The second kappa shape index (κ2) is 4.26. The number of hydrogen-bond acceptors (Lipinski definition) is 3. The minimum atomic E-state index is -2.25. The van der Waals surface area contributed by atoms with E-state index in [4.69, 9.17) is 0 Å². The van der Waals surface area contributed by atoms with Gasteiger partial charge in [-0.2, -0.15) is 0 Å². The molecular formula is CH4BNO3S-. The molecule has 0 rings (SSSR count). The van der Waals surface area contributed by atoms with Crippen molar-refractivity contribution in [2.24, 2.45) is 0 Å². The van der Waals surface area contributed by atoms with Crippen molar-refractivity contribution in [1.29, 1.82) is 0 Å². The lowest BCUT2D eigenvalue weighted by Gasteiger charge is -2.01. The van der Waals surface area contributed by atoms with E-state index in [1.807, 2.05) is 4.63 Å². The second-order valence-corrected chi connectivity index (χ2v) is 1.41. The monoisotopic (exact) mass is 121 g/mol. The normalized spacial score (nSPS) is 13.4. The Labute approximate surface area is 45.0 Å². The molecule has 0 saturated heterocycles. The van der Waals surface area contributed by atoms with E-state index in [9.17, 15) is 8.76 Å². The molecule has 41 valence electrons. The molecule has 0 spiro atoms. The lowest BCUT2D eigenvalue weighted by atomic mass is 10.3. The summed E-state index contributed by atoms with van der Waals surface area (Å²) in [6.45, 7) is 0. The average Bonchev–Trinajstić information content (AvgIpc) is 1.61. The Morgan fingerprint density at radius 1 is 2.00 bits per heavy atom. The molecule has 1 unspecified atom stereocenters. The van der Waals surface area contributed by atoms with Crippen LogP contribution in [0.3, 0.4) is 0 Å². The molecule has 0 aliphatic heterocycles. The van der Waals surface area contributed by atoms with Gasteiger partial charge in [0.05, 0.1) is 0 Å². The third-order valence-corrected chi connectivity index (χ3v) is 0.551. The predicted molar refractivity (Wildman–Crippen MR) is 24.8 cm³/mol. The van der Waals surface area contributed by atoms with Crippen LogP contribution in [0.5, 0.6) is 0 Å². The molecule has 0 bridgehead atoms. The first kappa shape index (κ1) is 7.09. The maximum absolute atomic E-state index is 9.54. The van der Waals surface area contributed by atoms with Crippen molar-refractivity contribution in [3.63, 3.8) is 0 Å². The van der Waals surface area contributed by atoms with Gasteiger partial charge in [-0.25, -0.2) is 0 Å². The van der Waals surface area contributed by atoms with E-state index in [1.54, 1.807) is 0 Å². The first-order valence-corrected chi connectivity index (χ1v) is 2.54. The summed E-state index contributed by atoms with van der Waals surface area (Å²) < 4.78 is 25.2. The van der Waals surface area contributed by atoms with E-state index in [0.29, 0.717) is 0 Å². The van der Waals surface area contributed by atoms with Gasteiger partial charge in [-0.15, -0.1) is 0 Å². The highest BCUT2D eigenvalue weighted by Crippen LogP contribution is 1.57. The topological polar surface area (TPSA) is 61.4 Å². The Balaban J connectivity index is 2.82. The molecule has 0 aromatic rings. The van der Waals surface area contributed by atoms with Crippen LogP contribution in [0.4, 0.5) is 0 Å². The van der Waals surface area contributed by atoms with E-state index < -0.39 is 11.3 Å². The maximum Gasteiger partial charge on any atom is 0.407 e. The van der Waals surface area contributed by atoms with Gasteiger partial charge in [0.25, 0.3) is 0 Å². The summed E-state index contributed by atoms with van der Waals surface area (Å²) in [4.78, 5) is 0. The molecule has 1 atom stereocenters. The standard InChI is InChI=1S/CH5BNO3S/c1-6-2-3-7(4)5/h3H,1H3,(H,4,5)/p-1. The summed E-state index contributed by atoms with van der Waals surface area (Å²) in [6.07, 6.45) is 0. The molecule has 0 heterocycles. The van der Waals surface area contributed by atoms with Gasteiger partial charge in [0, 0.05) is 18.4 Å². The second-order valence-electron chi connectivity index (χ2n) is 0.706. The smallest absolute Gasteiger partial charge is 0.407 e. The van der Waals surface area contributed by atoms with Gasteiger partial charge in [0.2, 0.25) is 0 Å². The molecule has 0 aliphatic carbocycles. The molecule has 4 nitrogen and oxygen atoms in total. The summed E-state index contributed by atoms with van der Waals surface area (Å²) in [5.74, 6) is 0. The van der Waals surface area contributed by atoms with Gasteiger partial charge >= 0.3 is 7.62 Å². The molecular weight excluding hydrogens is 117 g/mol. The zero-order valence-corrected chi connectivity index (χ0v) is 4.53. The summed E-state index contributed by atoms with van der Waals surface area (Å²) in [5, 5.41) is 0. The van der Waals surface area contributed by atoms with Crippen LogP contribution in [0.2, 0.25) is 0 Å². The van der Waals surface area contributed by atoms with Gasteiger partial charge in [-0.1, -0.05) is 0 Å². The van der Waals surface area contributed by atoms with Crippen molar-refractivity contribution in [3.05, 3.63) is 0 Å². The molecule has 0 saturated carbocycles.